The summed E-state index contributed by atoms with van der Waals surface area (Å²) in [7, 11) is 1.54. The number of aromatic nitrogens is 2. The van der Waals surface area contributed by atoms with Crippen LogP contribution in [0.1, 0.15) is 38.3 Å². The van der Waals surface area contributed by atoms with E-state index >= 15 is 0 Å². The maximum atomic E-state index is 13.7. The second kappa shape index (κ2) is 9.89. The predicted octanol–water partition coefficient (Wildman–Crippen LogP) is 6.75. The monoisotopic (exact) mass is 444 g/mol. The van der Waals surface area contributed by atoms with Crippen LogP contribution in [0.25, 0.3) is 0 Å². The fourth-order valence-electron chi connectivity index (χ4n) is 3.20. The normalized spacial score (nSPS) is 11.5. The first kappa shape index (κ1) is 23.4. The SMILES string of the molecule is CCCc1ccc(Nc2ncc(C(F)(F)F)c(N(C)c3ccc(OC(C)C)cc3)n2)cc1. The van der Waals surface area contributed by atoms with Gasteiger partial charge in [0.2, 0.25) is 5.95 Å². The molecule has 0 fully saturated rings. The summed E-state index contributed by atoms with van der Waals surface area (Å²) in [4.78, 5) is 9.47. The number of nitrogens with one attached hydrogen (secondary N) is 1. The van der Waals surface area contributed by atoms with Crippen LogP contribution in [0, 0.1) is 0 Å². The Labute approximate surface area is 186 Å². The van der Waals surface area contributed by atoms with Gasteiger partial charge < -0.3 is 15.0 Å². The molecule has 0 amide bonds. The molecule has 0 aliphatic carbocycles. The smallest absolute Gasteiger partial charge is 0.421 e. The van der Waals surface area contributed by atoms with E-state index in [-0.39, 0.29) is 17.9 Å². The summed E-state index contributed by atoms with van der Waals surface area (Å²) >= 11 is 0. The summed E-state index contributed by atoms with van der Waals surface area (Å²) in [5, 5.41) is 2.99. The number of alkyl halides is 3. The highest BCUT2D eigenvalue weighted by Crippen LogP contribution is 2.38. The van der Waals surface area contributed by atoms with Gasteiger partial charge in [0.15, 0.2) is 5.82 Å². The van der Waals surface area contributed by atoms with Gasteiger partial charge in [-0.15, -0.1) is 0 Å². The molecule has 0 aliphatic rings. The van der Waals surface area contributed by atoms with Gasteiger partial charge in [-0.2, -0.15) is 18.2 Å². The molecule has 0 spiro atoms. The number of aryl methyl sites for hydroxylation is 1. The Morgan fingerprint density at radius 3 is 2.25 bits per heavy atom. The van der Waals surface area contributed by atoms with Crippen molar-refractivity contribution in [1.82, 2.24) is 9.97 Å². The summed E-state index contributed by atoms with van der Waals surface area (Å²) in [6, 6.07) is 14.5. The van der Waals surface area contributed by atoms with Crippen molar-refractivity contribution in [3.63, 3.8) is 0 Å². The number of anilines is 4. The van der Waals surface area contributed by atoms with Crippen molar-refractivity contribution in [3.8, 4) is 5.75 Å². The highest BCUT2D eigenvalue weighted by Gasteiger charge is 2.36. The molecule has 0 saturated carbocycles. The molecular weight excluding hydrogens is 417 g/mol. The largest absolute Gasteiger partial charge is 0.491 e. The van der Waals surface area contributed by atoms with Crippen LogP contribution in [0.2, 0.25) is 0 Å². The van der Waals surface area contributed by atoms with E-state index in [1.807, 2.05) is 38.1 Å². The van der Waals surface area contributed by atoms with Gasteiger partial charge in [-0.1, -0.05) is 25.5 Å². The van der Waals surface area contributed by atoms with Crippen molar-refractivity contribution in [3.05, 3.63) is 65.9 Å². The summed E-state index contributed by atoms with van der Waals surface area (Å²) < 4.78 is 46.6. The summed E-state index contributed by atoms with van der Waals surface area (Å²) in [6.07, 6.45) is -1.78. The van der Waals surface area contributed by atoms with Gasteiger partial charge in [-0.25, -0.2) is 4.98 Å². The highest BCUT2D eigenvalue weighted by molar-refractivity contribution is 5.65. The van der Waals surface area contributed by atoms with Crippen LogP contribution in [0.5, 0.6) is 5.75 Å². The van der Waals surface area contributed by atoms with Gasteiger partial charge in [0.1, 0.15) is 11.3 Å². The van der Waals surface area contributed by atoms with E-state index in [1.165, 1.54) is 10.5 Å². The molecule has 0 saturated heterocycles. The first-order valence-electron chi connectivity index (χ1n) is 10.5. The predicted molar refractivity (Wildman–Crippen MR) is 121 cm³/mol. The lowest BCUT2D eigenvalue weighted by Gasteiger charge is -2.23. The van der Waals surface area contributed by atoms with Crippen LogP contribution in [-0.2, 0) is 12.6 Å². The van der Waals surface area contributed by atoms with E-state index in [4.69, 9.17) is 4.74 Å². The molecule has 170 valence electrons. The molecule has 1 aromatic heterocycles. The summed E-state index contributed by atoms with van der Waals surface area (Å²) in [6.45, 7) is 5.91. The van der Waals surface area contributed by atoms with Crippen LogP contribution < -0.4 is 15.0 Å². The average Bonchev–Trinajstić information content (AvgIpc) is 2.74. The molecule has 1 heterocycles. The molecule has 0 aliphatic heterocycles. The fourth-order valence-corrected chi connectivity index (χ4v) is 3.20. The second-order valence-electron chi connectivity index (χ2n) is 7.72. The van der Waals surface area contributed by atoms with Gasteiger partial charge in [0, 0.05) is 24.6 Å². The topological polar surface area (TPSA) is 50.3 Å². The Kier molecular flexibility index (Phi) is 7.22. The van der Waals surface area contributed by atoms with Crippen molar-refractivity contribution in [2.45, 2.75) is 45.9 Å². The second-order valence-corrected chi connectivity index (χ2v) is 7.72. The Morgan fingerprint density at radius 1 is 1.03 bits per heavy atom. The van der Waals surface area contributed by atoms with Gasteiger partial charge in [0.05, 0.1) is 6.10 Å². The molecule has 32 heavy (non-hydrogen) atoms. The Balaban J connectivity index is 1.90. The number of hydrogen-bond donors (Lipinski definition) is 1. The van der Waals surface area contributed by atoms with E-state index in [1.54, 1.807) is 31.3 Å². The van der Waals surface area contributed by atoms with Gasteiger partial charge in [-0.05, 0) is 62.2 Å². The zero-order valence-corrected chi connectivity index (χ0v) is 18.6. The maximum absolute atomic E-state index is 13.7. The van der Waals surface area contributed by atoms with E-state index in [0.29, 0.717) is 17.1 Å². The van der Waals surface area contributed by atoms with Crippen LogP contribution >= 0.6 is 0 Å². The van der Waals surface area contributed by atoms with E-state index in [2.05, 4.69) is 22.2 Å². The maximum Gasteiger partial charge on any atom is 0.421 e. The molecule has 0 radical (unpaired) electrons. The number of ether oxygens (including phenoxy) is 1. The number of nitrogens with zero attached hydrogens (tertiary/aromatic N) is 3. The first-order chi connectivity index (χ1) is 15.2. The number of benzene rings is 2. The van der Waals surface area contributed by atoms with Crippen molar-refractivity contribution >= 4 is 23.1 Å². The van der Waals surface area contributed by atoms with Crippen molar-refractivity contribution < 1.29 is 17.9 Å². The average molecular weight is 445 g/mol. The summed E-state index contributed by atoms with van der Waals surface area (Å²) in [5.41, 5.74) is 1.52. The molecule has 0 unspecified atom stereocenters. The Bertz CT molecular complexity index is 1020. The molecular formula is C24H27F3N4O. The van der Waals surface area contributed by atoms with E-state index in [9.17, 15) is 13.2 Å². The van der Waals surface area contributed by atoms with Gasteiger partial charge in [-0.3, -0.25) is 0 Å². The van der Waals surface area contributed by atoms with Crippen molar-refractivity contribution in [2.75, 3.05) is 17.3 Å². The van der Waals surface area contributed by atoms with E-state index in [0.717, 1.165) is 19.0 Å². The lowest BCUT2D eigenvalue weighted by atomic mass is 10.1. The zero-order valence-electron chi connectivity index (χ0n) is 18.6. The number of hydrogen-bond acceptors (Lipinski definition) is 5. The highest BCUT2D eigenvalue weighted by atomic mass is 19.4. The fraction of sp³-hybridized carbons (Fsp3) is 0.333. The van der Waals surface area contributed by atoms with Crippen LogP contribution in [-0.4, -0.2) is 23.1 Å². The Morgan fingerprint density at radius 2 is 1.69 bits per heavy atom. The molecule has 2 aromatic carbocycles. The number of halogens is 3. The number of rotatable bonds is 8. The molecule has 0 bridgehead atoms. The minimum atomic E-state index is -4.59. The lowest BCUT2D eigenvalue weighted by molar-refractivity contribution is -0.137. The minimum Gasteiger partial charge on any atom is -0.491 e. The summed E-state index contributed by atoms with van der Waals surface area (Å²) in [5.74, 6) is 0.489. The first-order valence-corrected chi connectivity index (χ1v) is 10.5. The van der Waals surface area contributed by atoms with Gasteiger partial charge >= 0.3 is 6.18 Å². The zero-order chi connectivity index (χ0) is 23.3. The molecule has 3 aromatic rings. The third-order valence-electron chi connectivity index (χ3n) is 4.74. The Hall–Kier alpha value is -3.29. The minimum absolute atomic E-state index is 0.00180. The lowest BCUT2D eigenvalue weighted by Crippen LogP contribution is -2.19. The third-order valence-corrected chi connectivity index (χ3v) is 4.74. The van der Waals surface area contributed by atoms with Crippen LogP contribution in [0.15, 0.2) is 54.7 Å². The molecule has 8 heteroatoms. The molecule has 5 nitrogen and oxygen atoms in total. The van der Waals surface area contributed by atoms with Crippen molar-refractivity contribution in [2.24, 2.45) is 0 Å². The van der Waals surface area contributed by atoms with E-state index < -0.39 is 11.7 Å². The quantitative estimate of drug-likeness (QED) is 0.417. The molecule has 3 rings (SSSR count). The van der Waals surface area contributed by atoms with Gasteiger partial charge in [0.25, 0.3) is 0 Å². The van der Waals surface area contributed by atoms with Crippen molar-refractivity contribution in [1.29, 1.82) is 0 Å². The van der Waals surface area contributed by atoms with Crippen LogP contribution in [0.4, 0.5) is 36.3 Å². The molecule has 0 atom stereocenters. The third kappa shape index (κ3) is 5.90. The van der Waals surface area contributed by atoms with Crippen LogP contribution in [0.3, 0.4) is 0 Å². The standard InChI is InChI=1S/C24H27F3N4O/c1-5-6-17-7-9-18(10-8-17)29-23-28-15-21(24(25,26)27)22(30-23)31(4)19-11-13-20(14-12-19)32-16(2)3/h7-16H,5-6H2,1-4H3,(H,28,29,30). The molecule has 1 N–H and O–H groups in total.